The van der Waals surface area contributed by atoms with Crippen LogP contribution in [0, 0.1) is 4.91 Å². The summed E-state index contributed by atoms with van der Waals surface area (Å²) in [5.74, 6) is -1.13. The Bertz CT molecular complexity index is 297. The minimum Gasteiger partial charge on any atom is -0.469 e. The van der Waals surface area contributed by atoms with Crippen LogP contribution in [0.3, 0.4) is 0 Å². The number of nitroso groups, excluding NO2 is 1. The van der Waals surface area contributed by atoms with E-state index in [9.17, 15) is 14.5 Å². The van der Waals surface area contributed by atoms with Gasteiger partial charge in [0.25, 0.3) is 0 Å². The minimum atomic E-state index is -1.33. The molecule has 0 amide bonds. The maximum absolute atomic E-state index is 11.4. The van der Waals surface area contributed by atoms with Crippen LogP contribution in [-0.2, 0) is 23.8 Å². The average Bonchev–Trinajstić information content (AvgIpc) is 2.37. The SMILES string of the molecule is COC(=O)CCC(=O)OC1(N=O)CCOCC1. The van der Waals surface area contributed by atoms with Gasteiger partial charge in [0.1, 0.15) is 0 Å². The van der Waals surface area contributed by atoms with Crippen molar-refractivity contribution in [3.8, 4) is 0 Å². The number of hydrogen-bond donors (Lipinski definition) is 0. The van der Waals surface area contributed by atoms with E-state index in [0.29, 0.717) is 13.2 Å². The van der Waals surface area contributed by atoms with Gasteiger partial charge in [-0.3, -0.25) is 9.59 Å². The first-order valence-electron chi connectivity index (χ1n) is 5.33. The predicted molar refractivity (Wildman–Crippen MR) is 55.9 cm³/mol. The van der Waals surface area contributed by atoms with Crippen molar-refractivity contribution in [3.63, 3.8) is 0 Å². The standard InChI is InChI=1S/C10H15NO6/c1-15-8(12)2-3-9(13)17-10(11-14)4-6-16-7-5-10/h2-7H2,1H3. The van der Waals surface area contributed by atoms with Gasteiger partial charge in [0.15, 0.2) is 0 Å². The smallest absolute Gasteiger partial charge is 0.308 e. The molecule has 0 spiro atoms. The van der Waals surface area contributed by atoms with Crippen LogP contribution < -0.4 is 0 Å². The van der Waals surface area contributed by atoms with E-state index in [0.717, 1.165) is 0 Å². The van der Waals surface area contributed by atoms with Gasteiger partial charge in [-0.2, -0.15) is 0 Å². The van der Waals surface area contributed by atoms with Gasteiger partial charge < -0.3 is 14.2 Å². The van der Waals surface area contributed by atoms with Crippen LogP contribution >= 0.6 is 0 Å². The van der Waals surface area contributed by atoms with Gasteiger partial charge >= 0.3 is 11.9 Å². The molecule has 1 saturated heterocycles. The summed E-state index contributed by atoms with van der Waals surface area (Å²) >= 11 is 0. The molecule has 0 atom stereocenters. The second-order valence-electron chi connectivity index (χ2n) is 3.70. The van der Waals surface area contributed by atoms with Gasteiger partial charge in [-0.15, -0.1) is 4.91 Å². The van der Waals surface area contributed by atoms with Gasteiger partial charge in [-0.1, -0.05) is 0 Å². The number of carbonyl (C=O) groups excluding carboxylic acids is 2. The topological polar surface area (TPSA) is 91.3 Å². The van der Waals surface area contributed by atoms with Crippen molar-refractivity contribution in [1.29, 1.82) is 0 Å². The van der Waals surface area contributed by atoms with E-state index in [-0.39, 0.29) is 25.7 Å². The molecule has 0 unspecified atom stereocenters. The molecule has 1 aliphatic rings. The van der Waals surface area contributed by atoms with E-state index in [1.807, 2.05) is 0 Å². The molecule has 7 heteroatoms. The lowest BCUT2D eigenvalue weighted by Crippen LogP contribution is -2.38. The van der Waals surface area contributed by atoms with Crippen LogP contribution in [0.5, 0.6) is 0 Å². The molecule has 1 fully saturated rings. The Balaban J connectivity index is 2.42. The Morgan fingerprint density at radius 1 is 1.24 bits per heavy atom. The minimum absolute atomic E-state index is 0.0687. The molecule has 96 valence electrons. The van der Waals surface area contributed by atoms with Crippen molar-refractivity contribution >= 4 is 11.9 Å². The van der Waals surface area contributed by atoms with E-state index in [2.05, 4.69) is 9.91 Å². The summed E-state index contributed by atoms with van der Waals surface area (Å²) in [6.45, 7) is 0.659. The molecule has 0 saturated carbocycles. The molecule has 1 heterocycles. The number of nitrogens with zero attached hydrogens (tertiary/aromatic N) is 1. The Labute approximate surface area is 98.4 Å². The molecule has 0 bridgehead atoms. The quantitative estimate of drug-likeness (QED) is 0.524. The third-order valence-electron chi connectivity index (χ3n) is 2.51. The predicted octanol–water partition coefficient (Wildman–Crippen LogP) is 0.756. The molecule has 0 aromatic rings. The molecule has 0 aliphatic carbocycles. The molecule has 1 aliphatic heterocycles. The first-order valence-corrected chi connectivity index (χ1v) is 5.33. The molecular formula is C10H15NO6. The summed E-state index contributed by atoms with van der Waals surface area (Å²) in [4.78, 5) is 33.0. The maximum Gasteiger partial charge on any atom is 0.308 e. The van der Waals surface area contributed by atoms with Crippen molar-refractivity contribution in [1.82, 2.24) is 0 Å². The van der Waals surface area contributed by atoms with Crippen molar-refractivity contribution in [2.45, 2.75) is 31.4 Å². The number of esters is 2. The zero-order valence-corrected chi connectivity index (χ0v) is 9.64. The Morgan fingerprint density at radius 2 is 1.82 bits per heavy atom. The summed E-state index contributed by atoms with van der Waals surface area (Å²) < 4.78 is 14.5. The molecule has 1 rings (SSSR count). The normalized spacial score (nSPS) is 18.2. The second kappa shape index (κ2) is 6.29. The van der Waals surface area contributed by atoms with Crippen molar-refractivity contribution in [2.75, 3.05) is 20.3 Å². The molecule has 0 aromatic carbocycles. The molecular weight excluding hydrogens is 230 g/mol. The highest BCUT2D eigenvalue weighted by atomic mass is 16.6. The zero-order chi connectivity index (χ0) is 12.7. The van der Waals surface area contributed by atoms with E-state index in [4.69, 9.17) is 9.47 Å². The molecule has 0 N–H and O–H groups in total. The summed E-state index contributed by atoms with van der Waals surface area (Å²) in [6.07, 6.45) is 0.312. The van der Waals surface area contributed by atoms with E-state index >= 15 is 0 Å². The van der Waals surface area contributed by atoms with Crippen LogP contribution in [-0.4, -0.2) is 38.0 Å². The average molecular weight is 245 g/mol. The maximum atomic E-state index is 11.4. The fourth-order valence-corrected chi connectivity index (χ4v) is 1.47. The lowest BCUT2D eigenvalue weighted by atomic mass is 10.1. The molecule has 7 nitrogen and oxygen atoms in total. The van der Waals surface area contributed by atoms with Crippen LogP contribution in [0.1, 0.15) is 25.7 Å². The Kier molecular flexibility index (Phi) is 5.02. The summed E-state index contributed by atoms with van der Waals surface area (Å²) in [5.41, 5.74) is -1.33. The van der Waals surface area contributed by atoms with Gasteiger partial charge in [-0.05, 0) is 5.18 Å². The lowest BCUT2D eigenvalue weighted by Gasteiger charge is -2.29. The zero-order valence-electron chi connectivity index (χ0n) is 9.64. The highest BCUT2D eigenvalue weighted by molar-refractivity contribution is 5.77. The van der Waals surface area contributed by atoms with Gasteiger partial charge in [0.05, 0.1) is 33.2 Å². The number of hydrogen-bond acceptors (Lipinski definition) is 7. The molecule has 0 aromatic heterocycles. The first-order chi connectivity index (χ1) is 8.12. The Morgan fingerprint density at radius 3 is 2.35 bits per heavy atom. The Hall–Kier alpha value is -1.50. The molecule has 17 heavy (non-hydrogen) atoms. The highest BCUT2D eigenvalue weighted by Crippen LogP contribution is 2.27. The number of methoxy groups -OCH3 is 1. The van der Waals surface area contributed by atoms with E-state index < -0.39 is 17.7 Å². The third-order valence-corrected chi connectivity index (χ3v) is 2.51. The number of rotatable bonds is 5. The fraction of sp³-hybridized carbons (Fsp3) is 0.800. The monoisotopic (exact) mass is 245 g/mol. The number of ether oxygens (including phenoxy) is 3. The van der Waals surface area contributed by atoms with Gasteiger partial charge in [0, 0.05) is 12.8 Å². The van der Waals surface area contributed by atoms with Crippen LogP contribution in [0.4, 0.5) is 0 Å². The van der Waals surface area contributed by atoms with Crippen LogP contribution in [0.25, 0.3) is 0 Å². The first kappa shape index (κ1) is 13.6. The van der Waals surface area contributed by atoms with Crippen LogP contribution in [0.15, 0.2) is 5.18 Å². The third kappa shape index (κ3) is 4.10. The largest absolute Gasteiger partial charge is 0.469 e. The second-order valence-corrected chi connectivity index (χ2v) is 3.70. The van der Waals surface area contributed by atoms with Crippen molar-refractivity contribution < 1.29 is 23.8 Å². The van der Waals surface area contributed by atoms with Crippen molar-refractivity contribution in [2.24, 2.45) is 5.18 Å². The summed E-state index contributed by atoms with van der Waals surface area (Å²) in [7, 11) is 1.24. The number of carbonyl (C=O) groups is 2. The van der Waals surface area contributed by atoms with Gasteiger partial charge in [0.2, 0.25) is 5.72 Å². The van der Waals surface area contributed by atoms with E-state index in [1.54, 1.807) is 0 Å². The molecule has 0 radical (unpaired) electrons. The van der Waals surface area contributed by atoms with E-state index in [1.165, 1.54) is 7.11 Å². The summed E-state index contributed by atoms with van der Waals surface area (Å²) in [5, 5.41) is 2.88. The fourth-order valence-electron chi connectivity index (χ4n) is 1.47. The summed E-state index contributed by atoms with van der Waals surface area (Å²) in [6, 6.07) is 0. The van der Waals surface area contributed by atoms with Crippen molar-refractivity contribution in [3.05, 3.63) is 4.91 Å². The lowest BCUT2D eigenvalue weighted by molar-refractivity contribution is -0.169. The van der Waals surface area contributed by atoms with Gasteiger partial charge in [-0.25, -0.2) is 0 Å². The van der Waals surface area contributed by atoms with Crippen LogP contribution in [0.2, 0.25) is 0 Å². The highest BCUT2D eigenvalue weighted by Gasteiger charge is 2.38.